The van der Waals surface area contributed by atoms with Gasteiger partial charge in [0.2, 0.25) is 0 Å². The molecule has 1 heterocycles. The van der Waals surface area contributed by atoms with Gasteiger partial charge in [0.1, 0.15) is 17.9 Å². The van der Waals surface area contributed by atoms with Gasteiger partial charge in [-0.2, -0.15) is 0 Å². The third-order valence-corrected chi connectivity index (χ3v) is 6.49. The van der Waals surface area contributed by atoms with E-state index in [2.05, 4.69) is 5.32 Å². The number of amides is 4. The molecule has 184 valence electrons. The van der Waals surface area contributed by atoms with Crippen molar-refractivity contribution in [2.75, 3.05) is 4.90 Å². The molecule has 0 atom stereocenters. The van der Waals surface area contributed by atoms with E-state index in [0.717, 1.165) is 26.8 Å². The Morgan fingerprint density at radius 3 is 2.41 bits per heavy atom. The predicted molar refractivity (Wildman–Crippen MR) is 145 cm³/mol. The molecule has 0 radical (unpaired) electrons. The third kappa shape index (κ3) is 4.84. The number of imide groups is 2. The molecular weight excluding hydrogens is 488 g/mol. The fraction of sp³-hybridized carbons (Fsp3) is 0.100. The van der Waals surface area contributed by atoms with E-state index in [9.17, 15) is 14.4 Å². The molecule has 1 fully saturated rings. The summed E-state index contributed by atoms with van der Waals surface area (Å²) in [6.07, 6.45) is 2.12. The number of fused-ring (bicyclic) bond motifs is 1. The lowest BCUT2D eigenvalue weighted by Crippen LogP contribution is -2.54. The molecule has 4 aromatic rings. The number of para-hydroxylation sites is 1. The normalized spacial score (nSPS) is 14.8. The van der Waals surface area contributed by atoms with Gasteiger partial charge in [-0.3, -0.25) is 14.9 Å². The van der Waals surface area contributed by atoms with Gasteiger partial charge >= 0.3 is 6.03 Å². The van der Waals surface area contributed by atoms with Crippen LogP contribution in [-0.4, -0.2) is 17.8 Å². The van der Waals surface area contributed by atoms with Gasteiger partial charge in [0, 0.05) is 10.6 Å². The lowest BCUT2D eigenvalue weighted by Gasteiger charge is -2.28. The molecule has 0 spiro atoms. The van der Waals surface area contributed by atoms with Crippen LogP contribution in [0.1, 0.15) is 23.6 Å². The summed E-state index contributed by atoms with van der Waals surface area (Å²) in [4.78, 5) is 40.3. The number of anilines is 1. The average molecular weight is 511 g/mol. The van der Waals surface area contributed by atoms with Gasteiger partial charge in [-0.05, 0) is 58.7 Å². The van der Waals surface area contributed by atoms with Crippen LogP contribution in [0.3, 0.4) is 0 Å². The summed E-state index contributed by atoms with van der Waals surface area (Å²) in [5.41, 5.74) is 2.59. The summed E-state index contributed by atoms with van der Waals surface area (Å²) >= 11 is 5.99. The summed E-state index contributed by atoms with van der Waals surface area (Å²) in [5, 5.41) is 4.67. The number of nitrogens with one attached hydrogen (secondary N) is 1. The van der Waals surface area contributed by atoms with E-state index in [1.165, 1.54) is 6.08 Å². The van der Waals surface area contributed by atoms with Crippen molar-refractivity contribution in [2.45, 2.75) is 20.0 Å². The molecule has 1 aliphatic heterocycles. The lowest BCUT2D eigenvalue weighted by atomic mass is 9.99. The summed E-state index contributed by atoms with van der Waals surface area (Å²) in [6, 6.07) is 25.0. The highest BCUT2D eigenvalue weighted by atomic mass is 35.5. The first-order chi connectivity index (χ1) is 18.0. The summed E-state index contributed by atoms with van der Waals surface area (Å²) < 4.78 is 6.14. The number of carbonyl (C=O) groups is 3. The van der Waals surface area contributed by atoms with E-state index >= 15 is 0 Å². The second-order valence-corrected chi connectivity index (χ2v) is 8.99. The summed E-state index contributed by atoms with van der Waals surface area (Å²) in [5.74, 6) is -0.942. The number of urea groups is 1. The molecule has 6 nitrogen and oxygen atoms in total. The van der Waals surface area contributed by atoms with Crippen LogP contribution in [0.4, 0.5) is 10.5 Å². The Morgan fingerprint density at radius 1 is 0.892 bits per heavy atom. The first kappa shape index (κ1) is 24.3. The number of rotatable bonds is 6. The highest BCUT2D eigenvalue weighted by molar-refractivity contribution is 6.39. The minimum atomic E-state index is -0.773. The van der Waals surface area contributed by atoms with Crippen LogP contribution >= 0.6 is 11.6 Å². The Hall–Kier alpha value is -4.42. The van der Waals surface area contributed by atoms with Crippen molar-refractivity contribution >= 4 is 52.0 Å². The Bertz CT molecular complexity index is 1560. The van der Waals surface area contributed by atoms with E-state index in [-0.39, 0.29) is 12.2 Å². The number of ether oxygens (including phenoxy) is 1. The van der Waals surface area contributed by atoms with E-state index in [0.29, 0.717) is 28.4 Å². The van der Waals surface area contributed by atoms with Crippen LogP contribution in [-0.2, 0) is 22.6 Å². The molecule has 4 amide bonds. The van der Waals surface area contributed by atoms with Crippen molar-refractivity contribution in [3.05, 3.63) is 112 Å². The van der Waals surface area contributed by atoms with Crippen LogP contribution in [0.15, 0.2) is 90.5 Å². The third-order valence-electron chi connectivity index (χ3n) is 6.24. The molecular formula is C30H23ClN2O4. The zero-order chi connectivity index (χ0) is 25.9. The summed E-state index contributed by atoms with van der Waals surface area (Å²) in [6.45, 7) is 2.20. The van der Waals surface area contributed by atoms with Gasteiger partial charge in [0.05, 0.1) is 5.69 Å². The maximum absolute atomic E-state index is 13.6. The highest BCUT2D eigenvalue weighted by Crippen LogP contribution is 2.33. The number of benzene rings is 4. The number of carbonyl (C=O) groups excluding carboxylic acids is 3. The van der Waals surface area contributed by atoms with Crippen molar-refractivity contribution in [3.8, 4) is 5.75 Å². The molecule has 0 bridgehead atoms. The van der Waals surface area contributed by atoms with E-state index in [4.69, 9.17) is 16.3 Å². The zero-order valence-corrected chi connectivity index (χ0v) is 20.8. The smallest absolute Gasteiger partial charge is 0.335 e. The molecule has 0 aromatic heterocycles. The molecule has 0 saturated carbocycles. The van der Waals surface area contributed by atoms with Crippen molar-refractivity contribution in [1.29, 1.82) is 0 Å². The topological polar surface area (TPSA) is 75.7 Å². The molecule has 5 rings (SSSR count). The van der Waals surface area contributed by atoms with Crippen molar-refractivity contribution < 1.29 is 19.1 Å². The molecule has 37 heavy (non-hydrogen) atoms. The SMILES string of the molecule is CCc1ccccc1N1C(=O)NC(=O)/C(=C/c2c(OCc3ccc(Cl)cc3)ccc3ccccc23)C1=O. The minimum Gasteiger partial charge on any atom is -0.488 e. The van der Waals surface area contributed by atoms with Gasteiger partial charge in [0.15, 0.2) is 0 Å². The first-order valence-electron chi connectivity index (χ1n) is 11.8. The second kappa shape index (κ2) is 10.3. The zero-order valence-electron chi connectivity index (χ0n) is 20.0. The van der Waals surface area contributed by atoms with E-state index in [1.54, 1.807) is 24.3 Å². The number of halogens is 1. The Kier molecular flexibility index (Phi) is 6.75. The van der Waals surface area contributed by atoms with Crippen molar-refractivity contribution in [1.82, 2.24) is 5.32 Å². The van der Waals surface area contributed by atoms with Crippen LogP contribution in [0.2, 0.25) is 5.02 Å². The number of barbiturate groups is 1. The minimum absolute atomic E-state index is 0.154. The second-order valence-electron chi connectivity index (χ2n) is 8.55. The highest BCUT2D eigenvalue weighted by Gasteiger charge is 2.37. The van der Waals surface area contributed by atoms with Crippen molar-refractivity contribution in [2.24, 2.45) is 0 Å². The van der Waals surface area contributed by atoms with Gasteiger partial charge in [-0.25, -0.2) is 9.69 Å². The van der Waals surface area contributed by atoms with Gasteiger partial charge in [-0.1, -0.05) is 79.2 Å². The number of hydrogen-bond donors (Lipinski definition) is 1. The fourth-order valence-electron chi connectivity index (χ4n) is 4.34. The van der Waals surface area contributed by atoms with Crippen LogP contribution < -0.4 is 15.0 Å². The first-order valence-corrected chi connectivity index (χ1v) is 12.2. The quantitative estimate of drug-likeness (QED) is 0.244. The monoisotopic (exact) mass is 510 g/mol. The lowest BCUT2D eigenvalue weighted by molar-refractivity contribution is -0.122. The standard InChI is InChI=1S/C30H23ClN2O4/c1-2-20-7-4-6-10-26(20)33-29(35)25(28(34)32-30(33)36)17-24-23-9-5-3-8-21(23)13-16-27(24)37-18-19-11-14-22(31)15-12-19/h3-17H,2,18H2,1H3,(H,32,34,36)/b25-17-. The predicted octanol–water partition coefficient (Wildman–Crippen LogP) is 6.30. The maximum atomic E-state index is 13.6. The van der Waals surface area contributed by atoms with Crippen molar-refractivity contribution in [3.63, 3.8) is 0 Å². The maximum Gasteiger partial charge on any atom is 0.335 e. The molecule has 1 N–H and O–H groups in total. The Labute approximate surface area is 219 Å². The number of hydrogen-bond acceptors (Lipinski definition) is 4. The molecule has 1 saturated heterocycles. The van der Waals surface area contributed by atoms with Gasteiger partial charge < -0.3 is 4.74 Å². The number of nitrogens with zero attached hydrogens (tertiary/aromatic N) is 1. The van der Waals surface area contributed by atoms with E-state index < -0.39 is 17.8 Å². The summed E-state index contributed by atoms with van der Waals surface area (Å²) in [7, 11) is 0. The van der Waals surface area contributed by atoms with Gasteiger partial charge in [-0.15, -0.1) is 0 Å². The molecule has 0 unspecified atom stereocenters. The molecule has 4 aromatic carbocycles. The largest absolute Gasteiger partial charge is 0.488 e. The Balaban J connectivity index is 1.59. The number of aryl methyl sites for hydroxylation is 1. The Morgan fingerprint density at radius 2 is 1.62 bits per heavy atom. The average Bonchev–Trinajstić information content (AvgIpc) is 2.91. The van der Waals surface area contributed by atoms with Gasteiger partial charge in [0.25, 0.3) is 11.8 Å². The fourth-order valence-corrected chi connectivity index (χ4v) is 4.47. The van der Waals surface area contributed by atoms with Crippen LogP contribution in [0, 0.1) is 0 Å². The van der Waals surface area contributed by atoms with Crippen LogP contribution in [0.25, 0.3) is 16.8 Å². The van der Waals surface area contributed by atoms with E-state index in [1.807, 2.05) is 67.6 Å². The molecule has 1 aliphatic rings. The van der Waals surface area contributed by atoms with Crippen LogP contribution in [0.5, 0.6) is 5.75 Å². The molecule has 7 heteroatoms. The molecule has 0 aliphatic carbocycles.